The van der Waals surface area contributed by atoms with E-state index in [1.165, 1.54) is 16.4 Å². The summed E-state index contributed by atoms with van der Waals surface area (Å²) < 4.78 is 32.5. The maximum atomic E-state index is 12.7. The van der Waals surface area contributed by atoms with Crippen molar-refractivity contribution in [2.24, 2.45) is 0 Å². The molecule has 3 rings (SSSR count). The third kappa shape index (κ3) is 4.12. The number of aliphatic hydroxyl groups is 1. The fourth-order valence-corrected chi connectivity index (χ4v) is 5.08. The highest BCUT2D eigenvalue weighted by molar-refractivity contribution is 7.89. The molecule has 0 saturated carbocycles. The third-order valence-electron chi connectivity index (χ3n) is 5.12. The lowest BCUT2D eigenvalue weighted by molar-refractivity contribution is -0.385. The Balaban J connectivity index is 2.02. The van der Waals surface area contributed by atoms with Crippen molar-refractivity contribution >= 4 is 15.7 Å². The summed E-state index contributed by atoms with van der Waals surface area (Å²) in [6.45, 7) is 3.95. The zero-order chi connectivity index (χ0) is 21.2. The van der Waals surface area contributed by atoms with Crippen molar-refractivity contribution in [3.05, 3.63) is 57.6 Å². The molecule has 0 saturated heterocycles. The molecule has 0 fully saturated rings. The molecule has 29 heavy (non-hydrogen) atoms. The van der Waals surface area contributed by atoms with E-state index in [-0.39, 0.29) is 23.7 Å². The number of ether oxygens (including phenoxy) is 1. The maximum absolute atomic E-state index is 12.7. The zero-order valence-electron chi connectivity index (χ0n) is 16.4. The number of sulfonamides is 1. The van der Waals surface area contributed by atoms with Crippen LogP contribution in [0.3, 0.4) is 0 Å². The fraction of sp³-hybridized carbons (Fsp3) is 0.400. The van der Waals surface area contributed by atoms with Gasteiger partial charge in [0.25, 0.3) is 0 Å². The number of nitrogens with zero attached hydrogens (tertiary/aromatic N) is 2. The minimum absolute atomic E-state index is 0.0399. The topological polar surface area (TPSA) is 110 Å². The van der Waals surface area contributed by atoms with Gasteiger partial charge in [0, 0.05) is 24.7 Å². The Morgan fingerprint density at radius 3 is 2.59 bits per heavy atom. The Morgan fingerprint density at radius 2 is 1.93 bits per heavy atom. The number of rotatable bonds is 7. The van der Waals surface area contributed by atoms with Gasteiger partial charge in [-0.25, -0.2) is 8.42 Å². The molecule has 0 aromatic heterocycles. The first kappa shape index (κ1) is 21.2. The molecular weight excluding hydrogens is 396 g/mol. The second kappa shape index (κ2) is 8.48. The first-order chi connectivity index (χ1) is 13.8. The van der Waals surface area contributed by atoms with Crippen molar-refractivity contribution in [2.45, 2.75) is 44.1 Å². The van der Waals surface area contributed by atoms with E-state index in [0.29, 0.717) is 18.6 Å². The minimum atomic E-state index is -3.83. The number of benzene rings is 2. The van der Waals surface area contributed by atoms with Crippen LogP contribution in [0.4, 0.5) is 5.69 Å². The van der Waals surface area contributed by atoms with Gasteiger partial charge in [0.1, 0.15) is 5.75 Å². The van der Waals surface area contributed by atoms with Crippen molar-refractivity contribution in [3.8, 4) is 11.5 Å². The Kier molecular flexibility index (Phi) is 6.21. The van der Waals surface area contributed by atoms with E-state index >= 15 is 0 Å². The fourth-order valence-electron chi connectivity index (χ4n) is 3.60. The van der Waals surface area contributed by atoms with E-state index in [9.17, 15) is 23.6 Å². The van der Waals surface area contributed by atoms with Crippen LogP contribution in [0.1, 0.15) is 43.9 Å². The Morgan fingerprint density at radius 1 is 1.21 bits per heavy atom. The predicted molar refractivity (Wildman–Crippen MR) is 108 cm³/mol. The van der Waals surface area contributed by atoms with Crippen LogP contribution in [-0.4, -0.2) is 35.8 Å². The van der Waals surface area contributed by atoms with E-state index in [1.807, 2.05) is 6.07 Å². The molecular formula is C20H24N2O6S. The molecule has 2 aromatic rings. The number of nitro groups is 1. The molecule has 8 nitrogen and oxygen atoms in total. The average molecular weight is 420 g/mol. The zero-order valence-corrected chi connectivity index (χ0v) is 17.2. The predicted octanol–water partition coefficient (Wildman–Crippen LogP) is 3.79. The summed E-state index contributed by atoms with van der Waals surface area (Å²) in [7, 11) is -3.83. The highest BCUT2D eigenvalue weighted by Crippen LogP contribution is 2.40. The molecule has 1 N–H and O–H groups in total. The molecule has 0 bridgehead atoms. The highest BCUT2D eigenvalue weighted by Gasteiger charge is 2.27. The summed E-state index contributed by atoms with van der Waals surface area (Å²) >= 11 is 0. The molecule has 0 unspecified atom stereocenters. The molecule has 0 heterocycles. The minimum Gasteiger partial charge on any atom is -0.450 e. The molecule has 0 radical (unpaired) electrons. The van der Waals surface area contributed by atoms with Crippen LogP contribution < -0.4 is 4.74 Å². The van der Waals surface area contributed by atoms with Gasteiger partial charge in [-0.3, -0.25) is 10.1 Å². The van der Waals surface area contributed by atoms with Crippen LogP contribution in [0.2, 0.25) is 0 Å². The Bertz CT molecular complexity index is 1020. The van der Waals surface area contributed by atoms with Crippen molar-refractivity contribution in [1.82, 2.24) is 4.31 Å². The lowest BCUT2D eigenvalue weighted by Crippen LogP contribution is -2.30. The van der Waals surface area contributed by atoms with Gasteiger partial charge in [-0.2, -0.15) is 4.31 Å². The summed E-state index contributed by atoms with van der Waals surface area (Å²) in [4.78, 5) is 10.8. The van der Waals surface area contributed by atoms with Gasteiger partial charge in [0.15, 0.2) is 0 Å². The first-order valence-corrected chi connectivity index (χ1v) is 11.0. The van der Waals surface area contributed by atoms with E-state index in [2.05, 4.69) is 0 Å². The smallest absolute Gasteiger partial charge is 0.312 e. The first-order valence-electron chi connectivity index (χ1n) is 9.55. The summed E-state index contributed by atoms with van der Waals surface area (Å²) in [5.41, 5.74) is 1.16. The van der Waals surface area contributed by atoms with Gasteiger partial charge in [0.05, 0.1) is 15.9 Å². The molecule has 1 aliphatic rings. The lowest BCUT2D eigenvalue weighted by atomic mass is 9.89. The number of nitro benzene ring substituents is 1. The summed E-state index contributed by atoms with van der Waals surface area (Å²) in [5.74, 6) is 0.394. The SMILES string of the molecule is CCN(CC)S(=O)(=O)c1ccc(Oc2cccc3c2CCC[C@@H]3O)c([N+](=O)[O-])c1. The van der Waals surface area contributed by atoms with E-state index in [0.717, 1.165) is 23.6 Å². The second-order valence-electron chi connectivity index (χ2n) is 6.81. The third-order valence-corrected chi connectivity index (χ3v) is 7.17. The summed E-state index contributed by atoms with van der Waals surface area (Å²) in [6, 6.07) is 8.91. The molecule has 0 spiro atoms. The Hall–Kier alpha value is -2.49. The quantitative estimate of drug-likeness (QED) is 0.539. The van der Waals surface area contributed by atoms with Crippen LogP contribution in [0.5, 0.6) is 11.5 Å². The summed E-state index contributed by atoms with van der Waals surface area (Å²) in [5, 5.41) is 21.8. The van der Waals surface area contributed by atoms with E-state index < -0.39 is 26.7 Å². The summed E-state index contributed by atoms with van der Waals surface area (Å²) in [6.07, 6.45) is 1.57. The van der Waals surface area contributed by atoms with Crippen molar-refractivity contribution in [2.75, 3.05) is 13.1 Å². The largest absolute Gasteiger partial charge is 0.450 e. The Labute approximate surface area is 169 Å². The van der Waals surface area contributed by atoms with Gasteiger partial charge < -0.3 is 9.84 Å². The van der Waals surface area contributed by atoms with Crippen molar-refractivity contribution < 1.29 is 23.2 Å². The number of aliphatic hydroxyl groups excluding tert-OH is 1. The molecule has 1 aliphatic carbocycles. The number of hydrogen-bond donors (Lipinski definition) is 1. The molecule has 156 valence electrons. The van der Waals surface area contributed by atoms with Gasteiger partial charge in [-0.05, 0) is 43.0 Å². The van der Waals surface area contributed by atoms with Crippen LogP contribution >= 0.6 is 0 Å². The average Bonchev–Trinajstić information content (AvgIpc) is 2.69. The van der Waals surface area contributed by atoms with Crippen molar-refractivity contribution in [3.63, 3.8) is 0 Å². The molecule has 0 amide bonds. The van der Waals surface area contributed by atoms with Gasteiger partial charge >= 0.3 is 5.69 Å². The maximum Gasteiger partial charge on any atom is 0.312 e. The number of fused-ring (bicyclic) bond motifs is 1. The molecule has 0 aliphatic heterocycles. The highest BCUT2D eigenvalue weighted by atomic mass is 32.2. The molecule has 9 heteroatoms. The van der Waals surface area contributed by atoms with Crippen LogP contribution in [0.25, 0.3) is 0 Å². The standard InChI is InChI=1S/C20H24N2O6S/c1-3-21(4-2)29(26,27)14-11-12-20(17(13-14)22(24)25)28-19-10-6-7-15-16(19)8-5-9-18(15)23/h6-7,10-13,18,23H,3-5,8-9H2,1-2H3/t18-/m0/s1. The van der Waals surface area contributed by atoms with E-state index in [1.54, 1.807) is 26.0 Å². The van der Waals surface area contributed by atoms with Crippen LogP contribution in [0, 0.1) is 10.1 Å². The van der Waals surface area contributed by atoms with E-state index in [4.69, 9.17) is 4.74 Å². The molecule has 1 atom stereocenters. The number of hydrogen-bond acceptors (Lipinski definition) is 6. The van der Waals surface area contributed by atoms with Crippen LogP contribution in [-0.2, 0) is 16.4 Å². The molecule has 2 aromatic carbocycles. The normalized spacial score (nSPS) is 16.5. The second-order valence-corrected chi connectivity index (χ2v) is 8.75. The van der Waals surface area contributed by atoms with Gasteiger partial charge in [-0.15, -0.1) is 0 Å². The monoisotopic (exact) mass is 420 g/mol. The van der Waals surface area contributed by atoms with Crippen LogP contribution in [0.15, 0.2) is 41.3 Å². The lowest BCUT2D eigenvalue weighted by Gasteiger charge is -2.23. The van der Waals surface area contributed by atoms with Gasteiger partial charge in [-0.1, -0.05) is 26.0 Å². The van der Waals surface area contributed by atoms with Gasteiger partial charge in [0.2, 0.25) is 15.8 Å². The van der Waals surface area contributed by atoms with Crippen molar-refractivity contribution in [1.29, 1.82) is 0 Å².